The summed E-state index contributed by atoms with van der Waals surface area (Å²) in [4.78, 5) is 4.70. The third-order valence-corrected chi connectivity index (χ3v) is 4.91. The largest absolute Gasteiger partial charge is 0.493 e. The minimum absolute atomic E-state index is 0. The highest BCUT2D eigenvalue weighted by Gasteiger charge is 2.34. The maximum atomic E-state index is 9.39. The molecule has 1 aliphatic rings. The number of methoxy groups -OCH3 is 1. The topological polar surface area (TPSA) is 84.3 Å². The van der Waals surface area contributed by atoms with Crippen LogP contribution in [0.5, 0.6) is 11.5 Å². The number of guanidine groups is 1. The fourth-order valence-electron chi connectivity index (χ4n) is 3.24. The smallest absolute Gasteiger partial charge is 0.191 e. The van der Waals surface area contributed by atoms with Gasteiger partial charge in [-0.05, 0) is 43.9 Å². The van der Waals surface area contributed by atoms with Crippen molar-refractivity contribution in [3.63, 3.8) is 0 Å². The monoisotopic (exact) mass is 521 g/mol. The summed E-state index contributed by atoms with van der Waals surface area (Å²) in [6.45, 7) is 8.43. The second kappa shape index (κ2) is 13.9. The van der Waals surface area contributed by atoms with Gasteiger partial charge in [-0.15, -0.1) is 24.0 Å². The molecule has 1 heterocycles. The molecule has 8 heteroatoms. The van der Waals surface area contributed by atoms with Gasteiger partial charge in [0, 0.05) is 31.7 Å². The lowest BCUT2D eigenvalue weighted by Gasteiger charge is -2.27. The van der Waals surface area contributed by atoms with E-state index in [-0.39, 0.29) is 36.0 Å². The van der Waals surface area contributed by atoms with Crippen molar-refractivity contribution in [2.75, 3.05) is 46.6 Å². The number of aliphatic hydroxyl groups is 1. The summed E-state index contributed by atoms with van der Waals surface area (Å²) >= 11 is 0. The summed E-state index contributed by atoms with van der Waals surface area (Å²) in [5, 5.41) is 16.1. The van der Waals surface area contributed by atoms with E-state index in [0.29, 0.717) is 19.8 Å². The fourth-order valence-corrected chi connectivity index (χ4v) is 3.24. The van der Waals surface area contributed by atoms with Crippen LogP contribution in [0.2, 0.25) is 0 Å². The van der Waals surface area contributed by atoms with Gasteiger partial charge in [0.2, 0.25) is 0 Å². The Balaban J connectivity index is 0.00000420. The fraction of sp³-hybridized carbons (Fsp3) is 0.667. The van der Waals surface area contributed by atoms with Gasteiger partial charge in [0.15, 0.2) is 17.5 Å². The van der Waals surface area contributed by atoms with Crippen LogP contribution in [0.1, 0.15) is 38.7 Å². The number of halogens is 1. The van der Waals surface area contributed by atoms with Gasteiger partial charge in [0.05, 0.1) is 26.9 Å². The van der Waals surface area contributed by atoms with E-state index in [1.165, 1.54) is 0 Å². The van der Waals surface area contributed by atoms with E-state index in [1.54, 1.807) is 7.11 Å². The highest BCUT2D eigenvalue weighted by atomic mass is 127. The highest BCUT2D eigenvalue weighted by molar-refractivity contribution is 14.0. The maximum absolute atomic E-state index is 9.39. The van der Waals surface area contributed by atoms with Crippen molar-refractivity contribution in [1.29, 1.82) is 0 Å². The quantitative estimate of drug-likeness (QED) is 0.236. The number of benzene rings is 1. The second-order valence-electron chi connectivity index (χ2n) is 7.16. The van der Waals surface area contributed by atoms with E-state index >= 15 is 0 Å². The van der Waals surface area contributed by atoms with Crippen LogP contribution in [-0.4, -0.2) is 57.7 Å². The Morgan fingerprint density at radius 3 is 2.72 bits per heavy atom. The molecule has 166 valence electrons. The molecule has 0 radical (unpaired) electrons. The molecule has 1 aromatic carbocycles. The lowest BCUT2D eigenvalue weighted by molar-refractivity contribution is 0.127. The van der Waals surface area contributed by atoms with E-state index in [9.17, 15) is 5.11 Å². The summed E-state index contributed by atoms with van der Waals surface area (Å²) in [7, 11) is 1.65. The zero-order valence-electron chi connectivity index (χ0n) is 17.8. The van der Waals surface area contributed by atoms with E-state index in [1.807, 2.05) is 25.1 Å². The molecule has 0 spiro atoms. The molecule has 1 fully saturated rings. The van der Waals surface area contributed by atoms with Crippen LogP contribution in [0.15, 0.2) is 23.2 Å². The molecule has 7 nitrogen and oxygen atoms in total. The Morgan fingerprint density at radius 2 is 2.10 bits per heavy atom. The van der Waals surface area contributed by atoms with Gasteiger partial charge in [-0.1, -0.05) is 13.0 Å². The van der Waals surface area contributed by atoms with E-state index < -0.39 is 0 Å². The SMILES string of the molecule is CCCOc1ccc(CN=C(NCC)NCC2(CCO)CCOC2)cc1OC.I. The molecule has 29 heavy (non-hydrogen) atoms. The zero-order chi connectivity index (χ0) is 20.2. The first-order valence-corrected chi connectivity index (χ1v) is 10.2. The van der Waals surface area contributed by atoms with Crippen LogP contribution in [-0.2, 0) is 11.3 Å². The van der Waals surface area contributed by atoms with Crippen molar-refractivity contribution in [2.45, 2.75) is 39.7 Å². The lowest BCUT2D eigenvalue weighted by atomic mass is 9.84. The first-order valence-electron chi connectivity index (χ1n) is 10.2. The van der Waals surface area contributed by atoms with E-state index in [0.717, 1.165) is 62.0 Å². The summed E-state index contributed by atoms with van der Waals surface area (Å²) in [5.74, 6) is 2.25. The molecule has 0 amide bonds. The van der Waals surface area contributed by atoms with Crippen LogP contribution in [0.3, 0.4) is 0 Å². The van der Waals surface area contributed by atoms with Gasteiger partial charge in [-0.3, -0.25) is 0 Å². The standard InChI is InChI=1S/C21H35N3O4.HI/c1-4-11-28-18-7-6-17(13-19(18)26-3)14-23-20(22-5-2)24-15-21(8-10-25)9-12-27-16-21;/h6-7,13,25H,4-5,8-12,14-16H2,1-3H3,(H2,22,23,24);1H. The molecule has 1 aliphatic heterocycles. The number of aliphatic imine (C=N–C) groups is 1. The summed E-state index contributed by atoms with van der Waals surface area (Å²) in [6, 6.07) is 5.92. The number of hydrogen-bond donors (Lipinski definition) is 3. The van der Waals surface area contributed by atoms with Crippen LogP contribution in [0.4, 0.5) is 0 Å². The maximum Gasteiger partial charge on any atom is 0.191 e. The Labute approximate surface area is 191 Å². The Bertz CT molecular complexity index is 622. The summed E-state index contributed by atoms with van der Waals surface area (Å²) < 4.78 is 16.7. The predicted molar refractivity (Wildman–Crippen MR) is 127 cm³/mol. The third-order valence-electron chi connectivity index (χ3n) is 4.91. The van der Waals surface area contributed by atoms with Crippen molar-refractivity contribution in [3.05, 3.63) is 23.8 Å². The van der Waals surface area contributed by atoms with Crippen molar-refractivity contribution >= 4 is 29.9 Å². The first kappa shape index (κ1) is 25.8. The Morgan fingerprint density at radius 1 is 1.28 bits per heavy atom. The van der Waals surface area contributed by atoms with E-state index in [4.69, 9.17) is 19.2 Å². The van der Waals surface area contributed by atoms with Gasteiger partial charge < -0.3 is 30.0 Å². The number of nitrogens with zero attached hydrogens (tertiary/aromatic N) is 1. The average Bonchev–Trinajstić information content (AvgIpc) is 3.17. The normalized spacial score (nSPS) is 18.8. The minimum Gasteiger partial charge on any atom is -0.493 e. The molecular formula is C21H36IN3O4. The van der Waals surface area contributed by atoms with Crippen molar-refractivity contribution in [2.24, 2.45) is 10.4 Å². The molecule has 3 N–H and O–H groups in total. The molecule has 1 saturated heterocycles. The van der Waals surface area contributed by atoms with E-state index in [2.05, 4.69) is 17.6 Å². The number of aliphatic hydroxyl groups excluding tert-OH is 1. The molecule has 0 saturated carbocycles. The van der Waals surface area contributed by atoms with Crippen molar-refractivity contribution < 1.29 is 19.3 Å². The van der Waals surface area contributed by atoms with Gasteiger partial charge in [0.1, 0.15) is 0 Å². The molecule has 0 aliphatic carbocycles. The highest BCUT2D eigenvalue weighted by Crippen LogP contribution is 2.31. The molecule has 1 unspecified atom stereocenters. The average molecular weight is 521 g/mol. The second-order valence-corrected chi connectivity index (χ2v) is 7.16. The van der Waals surface area contributed by atoms with Crippen molar-refractivity contribution in [3.8, 4) is 11.5 Å². The molecule has 1 aromatic rings. The van der Waals surface area contributed by atoms with Crippen LogP contribution < -0.4 is 20.1 Å². The molecule has 0 aromatic heterocycles. The van der Waals surface area contributed by atoms with Crippen molar-refractivity contribution in [1.82, 2.24) is 10.6 Å². The molecule has 2 rings (SSSR count). The van der Waals surface area contributed by atoms with Crippen LogP contribution >= 0.6 is 24.0 Å². The summed E-state index contributed by atoms with van der Waals surface area (Å²) in [5.41, 5.74) is 1.03. The number of ether oxygens (including phenoxy) is 3. The number of nitrogens with one attached hydrogen (secondary N) is 2. The zero-order valence-corrected chi connectivity index (χ0v) is 20.2. The number of hydrogen-bond acceptors (Lipinski definition) is 5. The van der Waals surface area contributed by atoms with Gasteiger partial charge >= 0.3 is 0 Å². The van der Waals surface area contributed by atoms with Gasteiger partial charge in [0.25, 0.3) is 0 Å². The third kappa shape index (κ3) is 8.18. The Hall–Kier alpha value is -1.26. The van der Waals surface area contributed by atoms with Gasteiger partial charge in [-0.2, -0.15) is 0 Å². The molecule has 0 bridgehead atoms. The van der Waals surface area contributed by atoms with Crippen LogP contribution in [0, 0.1) is 5.41 Å². The Kier molecular flexibility index (Phi) is 12.3. The summed E-state index contributed by atoms with van der Waals surface area (Å²) in [6.07, 6.45) is 2.64. The molecule has 1 atom stereocenters. The lowest BCUT2D eigenvalue weighted by Crippen LogP contribution is -2.44. The number of rotatable bonds is 11. The predicted octanol–water partition coefficient (Wildman–Crippen LogP) is 2.95. The first-order chi connectivity index (χ1) is 13.7. The molecular weight excluding hydrogens is 485 g/mol. The minimum atomic E-state index is -0.0214. The van der Waals surface area contributed by atoms with Crippen LogP contribution in [0.25, 0.3) is 0 Å². The van der Waals surface area contributed by atoms with Gasteiger partial charge in [-0.25, -0.2) is 4.99 Å².